The van der Waals surface area contributed by atoms with Crippen LogP contribution in [-0.2, 0) is 35.2 Å². The lowest BCUT2D eigenvalue weighted by Crippen LogP contribution is -2.37. The summed E-state index contributed by atoms with van der Waals surface area (Å²) in [6, 6.07) is 10.0. The fourth-order valence-corrected chi connectivity index (χ4v) is 4.24. The molecule has 0 unspecified atom stereocenters. The van der Waals surface area contributed by atoms with Crippen LogP contribution in [0.5, 0.6) is 0 Å². The second kappa shape index (κ2) is 9.25. The summed E-state index contributed by atoms with van der Waals surface area (Å²) in [6.07, 6.45) is -0.884. The van der Waals surface area contributed by atoms with Crippen molar-refractivity contribution in [3.8, 4) is 0 Å². The number of esters is 1. The maximum Gasteiger partial charge on any atom is 0.416 e. The summed E-state index contributed by atoms with van der Waals surface area (Å²) in [5, 5.41) is 2.77. The summed E-state index contributed by atoms with van der Waals surface area (Å²) < 4.78 is 48.7. The average molecular weight is 460 g/mol. The largest absolute Gasteiger partial charge is 0.462 e. The summed E-state index contributed by atoms with van der Waals surface area (Å²) in [5.41, 5.74) is 1.22. The molecule has 1 aliphatic rings. The highest BCUT2D eigenvalue weighted by molar-refractivity contribution is 5.93. The van der Waals surface area contributed by atoms with E-state index in [9.17, 15) is 22.8 Å². The lowest BCUT2D eigenvalue weighted by molar-refractivity contribution is -0.678. The molecule has 0 spiro atoms. The van der Waals surface area contributed by atoms with E-state index in [1.807, 2.05) is 4.57 Å². The molecule has 1 aromatic heterocycles. The minimum absolute atomic E-state index is 0.111. The van der Waals surface area contributed by atoms with Gasteiger partial charge in [0.25, 0.3) is 11.7 Å². The quantitative estimate of drug-likeness (QED) is 0.451. The zero-order valence-corrected chi connectivity index (χ0v) is 18.2. The van der Waals surface area contributed by atoms with Gasteiger partial charge in [0.05, 0.1) is 24.3 Å². The van der Waals surface area contributed by atoms with E-state index in [2.05, 4.69) is 5.32 Å². The Bertz CT molecular complexity index is 1180. The predicted molar refractivity (Wildman–Crippen MR) is 116 cm³/mol. The number of aryl methyl sites for hydroxylation is 1. The normalized spacial score (nSPS) is 13.9. The molecule has 2 heterocycles. The molecular formula is C24H25F3N3O3+. The van der Waals surface area contributed by atoms with Crippen LogP contribution >= 0.6 is 0 Å². The summed E-state index contributed by atoms with van der Waals surface area (Å²) >= 11 is 0. The molecule has 0 bridgehead atoms. The molecule has 4 rings (SSSR count). The summed E-state index contributed by atoms with van der Waals surface area (Å²) in [7, 11) is 0. The third kappa shape index (κ3) is 4.86. The molecule has 0 saturated heterocycles. The zero-order chi connectivity index (χ0) is 23.6. The van der Waals surface area contributed by atoms with Gasteiger partial charge in [0.2, 0.25) is 0 Å². The molecule has 1 N–H and O–H groups in total. The van der Waals surface area contributed by atoms with Crippen molar-refractivity contribution in [3.05, 3.63) is 59.4 Å². The Morgan fingerprint density at radius 1 is 1.09 bits per heavy atom. The van der Waals surface area contributed by atoms with Crippen LogP contribution in [0.1, 0.15) is 47.9 Å². The van der Waals surface area contributed by atoms with Gasteiger partial charge in [-0.25, -0.2) is 13.9 Å². The van der Waals surface area contributed by atoms with Crippen molar-refractivity contribution in [2.75, 3.05) is 11.9 Å². The number of alkyl halides is 3. The van der Waals surface area contributed by atoms with Gasteiger partial charge in [0.1, 0.15) is 0 Å². The Morgan fingerprint density at radius 3 is 2.55 bits per heavy atom. The standard InChI is InChI=1S/C24H24F3N3O3/c1-2-33-23(32)16-7-10-18(11-8-16)28-21(31)15-30-20-14-17(24(25,26)27)9-12-19(20)29-13-5-3-4-6-22(29)30/h7-12,14H,2-6,13,15H2,1H3/p+1. The number of nitrogens with zero attached hydrogens (tertiary/aromatic N) is 2. The number of hydrogen-bond acceptors (Lipinski definition) is 3. The van der Waals surface area contributed by atoms with Crippen LogP contribution in [0.4, 0.5) is 18.9 Å². The third-order valence-corrected chi connectivity index (χ3v) is 5.77. The third-order valence-electron chi connectivity index (χ3n) is 5.77. The first-order chi connectivity index (χ1) is 15.8. The highest BCUT2D eigenvalue weighted by atomic mass is 19.4. The number of fused-ring (bicyclic) bond motifs is 3. The van der Waals surface area contributed by atoms with E-state index in [1.165, 1.54) is 6.07 Å². The van der Waals surface area contributed by atoms with Gasteiger partial charge in [-0.05, 0) is 62.6 Å². The summed E-state index contributed by atoms with van der Waals surface area (Å²) in [4.78, 5) is 24.6. The molecular weight excluding hydrogens is 435 g/mol. The number of benzene rings is 2. The molecule has 1 aliphatic heterocycles. The van der Waals surface area contributed by atoms with Crippen LogP contribution in [0.15, 0.2) is 42.5 Å². The number of anilines is 1. The minimum atomic E-state index is -4.46. The maximum atomic E-state index is 13.4. The predicted octanol–water partition coefficient (Wildman–Crippen LogP) is 4.49. The van der Waals surface area contributed by atoms with Crippen LogP contribution in [-0.4, -0.2) is 23.1 Å². The van der Waals surface area contributed by atoms with Crippen molar-refractivity contribution in [1.82, 2.24) is 4.57 Å². The summed E-state index contributed by atoms with van der Waals surface area (Å²) in [6.45, 7) is 2.58. The van der Waals surface area contributed by atoms with E-state index >= 15 is 0 Å². The molecule has 174 valence electrons. The molecule has 0 fully saturated rings. The molecule has 0 aliphatic carbocycles. The van der Waals surface area contributed by atoms with Crippen LogP contribution in [0.2, 0.25) is 0 Å². The number of halogens is 3. The smallest absolute Gasteiger partial charge is 0.416 e. The number of amides is 1. The van der Waals surface area contributed by atoms with Gasteiger partial charge in [0.15, 0.2) is 17.6 Å². The maximum absolute atomic E-state index is 13.4. The first kappa shape index (κ1) is 22.8. The first-order valence-corrected chi connectivity index (χ1v) is 11.0. The van der Waals surface area contributed by atoms with Crippen molar-refractivity contribution in [2.24, 2.45) is 0 Å². The number of nitrogens with one attached hydrogen (secondary N) is 1. The van der Waals surface area contributed by atoms with Crippen molar-refractivity contribution in [3.63, 3.8) is 0 Å². The molecule has 1 amide bonds. The SMILES string of the molecule is CCOC(=O)c1ccc(NC(=O)Cn2c3[n+](c4ccc(C(F)(F)F)cc42)CCCCC3)cc1. The van der Waals surface area contributed by atoms with Gasteiger partial charge in [-0.15, -0.1) is 0 Å². The first-order valence-electron chi connectivity index (χ1n) is 11.0. The topological polar surface area (TPSA) is 64.2 Å². The fourth-order valence-electron chi connectivity index (χ4n) is 4.24. The van der Waals surface area contributed by atoms with Gasteiger partial charge >= 0.3 is 12.1 Å². The van der Waals surface area contributed by atoms with Crippen molar-refractivity contribution >= 4 is 28.6 Å². The van der Waals surface area contributed by atoms with Crippen LogP contribution < -0.4 is 9.88 Å². The number of carbonyl (C=O) groups excluding carboxylic acids is 2. The number of hydrogen-bond donors (Lipinski definition) is 1. The number of imidazole rings is 1. The number of rotatable bonds is 5. The van der Waals surface area contributed by atoms with Crippen molar-refractivity contribution in [1.29, 1.82) is 0 Å². The van der Waals surface area contributed by atoms with E-state index in [0.717, 1.165) is 37.2 Å². The monoisotopic (exact) mass is 460 g/mol. The Hall–Kier alpha value is -3.36. The molecule has 0 atom stereocenters. The lowest BCUT2D eigenvalue weighted by atomic mass is 10.2. The Morgan fingerprint density at radius 2 is 1.85 bits per heavy atom. The minimum Gasteiger partial charge on any atom is -0.462 e. The van der Waals surface area contributed by atoms with Crippen LogP contribution in [0.25, 0.3) is 11.0 Å². The molecule has 2 aromatic carbocycles. The summed E-state index contributed by atoms with van der Waals surface area (Å²) in [5.74, 6) is 0.0462. The van der Waals surface area contributed by atoms with E-state index < -0.39 is 17.7 Å². The van der Waals surface area contributed by atoms with Gasteiger partial charge < -0.3 is 10.1 Å². The molecule has 0 radical (unpaired) electrons. The van der Waals surface area contributed by atoms with Gasteiger partial charge in [-0.3, -0.25) is 4.79 Å². The Balaban J connectivity index is 1.62. The lowest BCUT2D eigenvalue weighted by Gasteiger charge is -2.08. The Kier molecular flexibility index (Phi) is 6.40. The van der Waals surface area contributed by atoms with E-state index in [4.69, 9.17) is 4.74 Å². The highest BCUT2D eigenvalue weighted by Crippen LogP contribution is 2.32. The van der Waals surface area contributed by atoms with E-state index in [1.54, 1.807) is 35.8 Å². The van der Waals surface area contributed by atoms with Gasteiger partial charge in [-0.1, -0.05) is 0 Å². The number of aromatic nitrogens is 2. The molecule has 33 heavy (non-hydrogen) atoms. The second-order valence-electron chi connectivity index (χ2n) is 8.01. The average Bonchev–Trinajstić information content (AvgIpc) is 2.92. The van der Waals surface area contributed by atoms with E-state index in [0.29, 0.717) is 35.2 Å². The molecule has 9 heteroatoms. The highest BCUT2D eigenvalue weighted by Gasteiger charge is 2.34. The van der Waals surface area contributed by atoms with Gasteiger partial charge in [0, 0.05) is 18.2 Å². The Labute approximate surface area is 189 Å². The van der Waals surface area contributed by atoms with Crippen molar-refractivity contribution < 1.29 is 32.1 Å². The van der Waals surface area contributed by atoms with Crippen molar-refractivity contribution in [2.45, 2.75) is 51.9 Å². The van der Waals surface area contributed by atoms with Gasteiger partial charge in [-0.2, -0.15) is 13.2 Å². The van der Waals surface area contributed by atoms with Crippen LogP contribution in [0, 0.1) is 0 Å². The molecule has 0 saturated carbocycles. The van der Waals surface area contributed by atoms with Crippen LogP contribution in [0.3, 0.4) is 0 Å². The zero-order valence-electron chi connectivity index (χ0n) is 18.2. The molecule has 3 aromatic rings. The van der Waals surface area contributed by atoms with E-state index in [-0.39, 0.29) is 19.1 Å². The number of ether oxygens (including phenoxy) is 1. The second-order valence-corrected chi connectivity index (χ2v) is 8.01. The fraction of sp³-hybridized carbons (Fsp3) is 0.375. The molecule has 6 nitrogen and oxygen atoms in total. The number of carbonyl (C=O) groups is 2.